The molecule has 10 nitrogen and oxygen atoms in total. The van der Waals surface area contributed by atoms with E-state index in [0.717, 1.165) is 0 Å². The van der Waals surface area contributed by atoms with Gasteiger partial charge in [0.05, 0.1) is 41.6 Å². The Kier molecular flexibility index (Phi) is 8.82. The smallest absolute Gasteiger partial charge is 0.338 e. The molecule has 0 aliphatic rings. The number of hydrogen-bond acceptors (Lipinski definition) is 8. The summed E-state index contributed by atoms with van der Waals surface area (Å²) >= 11 is 0. The second-order valence-electron chi connectivity index (χ2n) is 6.43. The molecule has 2 rings (SSSR count). The molecular formula is C22H26N2O8. The zero-order valence-corrected chi connectivity index (χ0v) is 18.4. The minimum atomic E-state index is -0.763. The summed E-state index contributed by atoms with van der Waals surface area (Å²) in [5.74, 6) is -0.372. The molecule has 10 heteroatoms. The number of benzene rings is 2. The summed E-state index contributed by atoms with van der Waals surface area (Å²) < 4.78 is 21.8. The van der Waals surface area contributed by atoms with Crippen molar-refractivity contribution in [1.29, 1.82) is 0 Å². The average Bonchev–Trinajstić information content (AvgIpc) is 2.75. The number of ether oxygens (including phenoxy) is 4. The SMILES string of the molecule is CCOc1cc(C(=O)OCC(=O)Nc2cccc([N+](=O)[O-])c2C)cc(OCC)c1OCC. The van der Waals surface area contributed by atoms with Crippen molar-refractivity contribution < 1.29 is 33.5 Å². The van der Waals surface area contributed by atoms with Gasteiger partial charge in [0.1, 0.15) is 0 Å². The molecule has 0 aliphatic heterocycles. The van der Waals surface area contributed by atoms with E-state index in [9.17, 15) is 19.7 Å². The summed E-state index contributed by atoms with van der Waals surface area (Å²) in [7, 11) is 0. The highest BCUT2D eigenvalue weighted by Crippen LogP contribution is 2.39. The van der Waals surface area contributed by atoms with Gasteiger partial charge in [0.2, 0.25) is 5.75 Å². The van der Waals surface area contributed by atoms with Gasteiger partial charge in [-0.05, 0) is 45.9 Å². The summed E-state index contributed by atoms with van der Waals surface area (Å²) in [6, 6.07) is 7.24. The van der Waals surface area contributed by atoms with Crippen molar-refractivity contribution in [3.8, 4) is 17.2 Å². The largest absolute Gasteiger partial charge is 0.490 e. The highest BCUT2D eigenvalue weighted by molar-refractivity contribution is 5.96. The van der Waals surface area contributed by atoms with E-state index >= 15 is 0 Å². The molecule has 0 unspecified atom stereocenters. The maximum absolute atomic E-state index is 12.6. The molecular weight excluding hydrogens is 420 g/mol. The molecule has 0 bridgehead atoms. The molecule has 0 aromatic heterocycles. The number of amides is 1. The molecule has 0 radical (unpaired) electrons. The van der Waals surface area contributed by atoms with Gasteiger partial charge in [0.15, 0.2) is 18.1 Å². The Bertz CT molecular complexity index is 963. The number of carbonyl (C=O) groups excluding carboxylic acids is 2. The van der Waals surface area contributed by atoms with Gasteiger partial charge in [-0.2, -0.15) is 0 Å². The molecule has 2 aromatic rings. The first kappa shape index (κ1) is 24.4. The van der Waals surface area contributed by atoms with Crippen molar-refractivity contribution in [3.63, 3.8) is 0 Å². The van der Waals surface area contributed by atoms with Gasteiger partial charge in [-0.15, -0.1) is 0 Å². The summed E-state index contributed by atoms with van der Waals surface area (Å²) in [6.45, 7) is 7.40. The highest BCUT2D eigenvalue weighted by Gasteiger charge is 2.20. The molecule has 0 heterocycles. The van der Waals surface area contributed by atoms with Crippen molar-refractivity contribution in [1.82, 2.24) is 0 Å². The van der Waals surface area contributed by atoms with Crippen LogP contribution in [0.4, 0.5) is 11.4 Å². The van der Waals surface area contributed by atoms with E-state index in [-0.39, 0.29) is 16.9 Å². The minimum Gasteiger partial charge on any atom is -0.490 e. The molecule has 0 fully saturated rings. The van der Waals surface area contributed by atoms with Crippen molar-refractivity contribution in [2.75, 3.05) is 31.7 Å². The first-order valence-electron chi connectivity index (χ1n) is 10.1. The molecule has 0 saturated carbocycles. The molecule has 2 aromatic carbocycles. The fourth-order valence-electron chi connectivity index (χ4n) is 2.86. The van der Waals surface area contributed by atoms with Crippen molar-refractivity contribution in [3.05, 3.63) is 51.6 Å². The number of esters is 1. The Morgan fingerprint density at radius 3 is 2.12 bits per heavy atom. The van der Waals surface area contributed by atoms with Crippen LogP contribution in [0.15, 0.2) is 30.3 Å². The van der Waals surface area contributed by atoms with Crippen LogP contribution in [0.2, 0.25) is 0 Å². The maximum Gasteiger partial charge on any atom is 0.338 e. The van der Waals surface area contributed by atoms with Gasteiger partial charge in [-0.3, -0.25) is 14.9 Å². The third-order valence-electron chi connectivity index (χ3n) is 4.26. The minimum absolute atomic E-state index is 0.124. The van der Waals surface area contributed by atoms with Crippen molar-refractivity contribution in [2.45, 2.75) is 27.7 Å². The first-order chi connectivity index (χ1) is 15.3. The van der Waals surface area contributed by atoms with Crippen LogP contribution in [-0.4, -0.2) is 43.2 Å². The lowest BCUT2D eigenvalue weighted by atomic mass is 10.1. The Morgan fingerprint density at radius 2 is 1.59 bits per heavy atom. The second-order valence-corrected chi connectivity index (χ2v) is 6.43. The quantitative estimate of drug-likeness (QED) is 0.313. The molecule has 0 spiro atoms. The molecule has 1 N–H and O–H groups in total. The van der Waals surface area contributed by atoms with Crippen LogP contribution >= 0.6 is 0 Å². The fraction of sp³-hybridized carbons (Fsp3) is 0.364. The third-order valence-corrected chi connectivity index (χ3v) is 4.26. The number of carbonyl (C=O) groups is 2. The first-order valence-corrected chi connectivity index (χ1v) is 10.1. The van der Waals surface area contributed by atoms with Crippen LogP contribution in [0.25, 0.3) is 0 Å². The zero-order chi connectivity index (χ0) is 23.7. The number of nitrogens with one attached hydrogen (secondary N) is 1. The predicted octanol–water partition coefficient (Wildman–Crippen LogP) is 3.89. The predicted molar refractivity (Wildman–Crippen MR) is 117 cm³/mol. The van der Waals surface area contributed by atoms with Gasteiger partial charge >= 0.3 is 5.97 Å². The van der Waals surface area contributed by atoms with Crippen LogP contribution in [0.5, 0.6) is 17.2 Å². The summed E-state index contributed by atoms with van der Waals surface area (Å²) in [6.07, 6.45) is 0. The summed E-state index contributed by atoms with van der Waals surface area (Å²) in [5, 5.41) is 13.6. The summed E-state index contributed by atoms with van der Waals surface area (Å²) in [5.41, 5.74) is 0.561. The van der Waals surface area contributed by atoms with Gasteiger partial charge in [-0.1, -0.05) is 6.07 Å². The zero-order valence-electron chi connectivity index (χ0n) is 18.4. The molecule has 1 amide bonds. The molecule has 0 atom stereocenters. The van der Waals surface area contributed by atoms with Crippen LogP contribution in [0, 0.1) is 17.0 Å². The number of anilines is 1. The van der Waals surface area contributed by atoms with Gasteiger partial charge in [0.25, 0.3) is 11.6 Å². The van der Waals surface area contributed by atoms with Crippen molar-refractivity contribution in [2.24, 2.45) is 0 Å². The number of nitro groups is 1. The van der Waals surface area contributed by atoms with Crippen LogP contribution < -0.4 is 19.5 Å². The van der Waals surface area contributed by atoms with Gasteiger partial charge in [-0.25, -0.2) is 4.79 Å². The Morgan fingerprint density at radius 1 is 1.00 bits per heavy atom. The Hall–Kier alpha value is -3.82. The van der Waals surface area contributed by atoms with Crippen molar-refractivity contribution >= 4 is 23.3 Å². The third kappa shape index (κ3) is 6.10. The van der Waals surface area contributed by atoms with E-state index in [1.165, 1.54) is 37.3 Å². The molecule has 0 aliphatic carbocycles. The molecule has 172 valence electrons. The Balaban J connectivity index is 2.14. The average molecular weight is 446 g/mol. The highest BCUT2D eigenvalue weighted by atomic mass is 16.6. The lowest BCUT2D eigenvalue weighted by molar-refractivity contribution is -0.385. The van der Waals surface area contributed by atoms with Gasteiger partial charge in [0, 0.05) is 6.07 Å². The van der Waals surface area contributed by atoms with E-state index in [1.807, 2.05) is 6.92 Å². The maximum atomic E-state index is 12.6. The van der Waals surface area contributed by atoms with E-state index in [0.29, 0.717) is 42.6 Å². The molecule has 0 saturated heterocycles. The lowest BCUT2D eigenvalue weighted by Crippen LogP contribution is -2.21. The standard InChI is InChI=1S/C22H26N2O8/c1-5-29-18-11-15(12-19(30-6-2)21(18)31-7-3)22(26)32-13-20(25)23-16-9-8-10-17(14(16)4)24(27)28/h8-12H,5-7,13H2,1-4H3,(H,23,25). The van der Waals surface area contributed by atoms with E-state index < -0.39 is 23.4 Å². The monoisotopic (exact) mass is 446 g/mol. The number of nitro benzene ring substituents is 1. The Labute approximate surface area is 185 Å². The van der Waals surface area contributed by atoms with E-state index in [2.05, 4.69) is 5.32 Å². The van der Waals surface area contributed by atoms with Crippen LogP contribution in [0.3, 0.4) is 0 Å². The number of hydrogen-bond donors (Lipinski definition) is 1. The van der Waals surface area contributed by atoms with Crippen LogP contribution in [-0.2, 0) is 9.53 Å². The normalized spacial score (nSPS) is 10.2. The second kappa shape index (κ2) is 11.5. The van der Waals surface area contributed by atoms with Crippen LogP contribution in [0.1, 0.15) is 36.7 Å². The molecule has 32 heavy (non-hydrogen) atoms. The van der Waals surface area contributed by atoms with E-state index in [4.69, 9.17) is 18.9 Å². The summed E-state index contributed by atoms with van der Waals surface area (Å²) in [4.78, 5) is 35.3. The number of rotatable bonds is 11. The van der Waals surface area contributed by atoms with E-state index in [1.54, 1.807) is 13.8 Å². The number of nitrogens with zero attached hydrogens (tertiary/aromatic N) is 1. The lowest BCUT2D eigenvalue weighted by Gasteiger charge is -2.17. The van der Waals surface area contributed by atoms with Gasteiger partial charge < -0.3 is 24.3 Å². The topological polar surface area (TPSA) is 126 Å². The fourth-order valence-corrected chi connectivity index (χ4v) is 2.86.